The molecule has 0 spiro atoms. The fourth-order valence-electron chi connectivity index (χ4n) is 1.48. The number of ether oxygens (including phenoxy) is 1. The molecule has 0 radical (unpaired) electrons. The van der Waals surface area contributed by atoms with E-state index in [1.807, 2.05) is 24.3 Å². The topological polar surface area (TPSA) is 64.1 Å². The van der Waals surface area contributed by atoms with Gasteiger partial charge in [0.25, 0.3) is 5.56 Å². The van der Waals surface area contributed by atoms with E-state index in [0.29, 0.717) is 5.75 Å². The average molecular weight is 311 g/mol. The minimum atomic E-state index is -0.430. The molecule has 1 aromatic heterocycles. The number of nitrogens with zero attached hydrogens (tertiary/aromatic N) is 1. The van der Waals surface area contributed by atoms with Crippen LogP contribution < -0.4 is 16.0 Å². The molecule has 0 aliphatic heterocycles. The summed E-state index contributed by atoms with van der Waals surface area (Å²) in [6.07, 6.45) is 1.33. The molecule has 0 saturated heterocycles. The summed E-state index contributed by atoms with van der Waals surface area (Å²) in [5.74, 6) is 0.685. The number of nitrogens with one attached hydrogen (secondary N) is 1. The van der Waals surface area contributed by atoms with Crippen LogP contribution in [0, 0.1) is 0 Å². The summed E-state index contributed by atoms with van der Waals surface area (Å²) >= 11 is 3.33. The number of halogens is 1. The second-order valence-electron chi connectivity index (χ2n) is 3.58. The number of rotatable bonds is 4. The van der Waals surface area contributed by atoms with Gasteiger partial charge in [-0.05, 0) is 18.2 Å². The Bertz CT molecular complexity index is 620. The first-order valence-corrected chi connectivity index (χ1v) is 6.13. The van der Waals surface area contributed by atoms with Crippen molar-refractivity contribution in [1.29, 1.82) is 0 Å². The molecule has 5 nitrogen and oxygen atoms in total. The summed E-state index contributed by atoms with van der Waals surface area (Å²) in [7, 11) is 0. The zero-order chi connectivity index (χ0) is 13.0. The van der Waals surface area contributed by atoms with Gasteiger partial charge in [0.2, 0.25) is 0 Å². The largest absolute Gasteiger partial charge is 0.492 e. The van der Waals surface area contributed by atoms with Gasteiger partial charge < -0.3 is 9.72 Å². The fourth-order valence-corrected chi connectivity index (χ4v) is 1.85. The first-order chi connectivity index (χ1) is 8.66. The van der Waals surface area contributed by atoms with Gasteiger partial charge in [-0.1, -0.05) is 22.0 Å². The molecule has 0 bridgehead atoms. The molecule has 0 atom stereocenters. The second-order valence-corrected chi connectivity index (χ2v) is 4.49. The van der Waals surface area contributed by atoms with Crippen molar-refractivity contribution in [2.75, 3.05) is 6.61 Å². The quantitative estimate of drug-likeness (QED) is 0.928. The molecule has 0 unspecified atom stereocenters. The molecule has 0 saturated carbocycles. The van der Waals surface area contributed by atoms with Gasteiger partial charge in [-0.15, -0.1) is 0 Å². The number of benzene rings is 1. The molecular formula is C12H11BrN2O3. The van der Waals surface area contributed by atoms with Crippen molar-refractivity contribution < 1.29 is 4.74 Å². The van der Waals surface area contributed by atoms with Crippen LogP contribution in [0.1, 0.15) is 0 Å². The molecule has 2 aromatic rings. The number of aromatic amines is 1. The van der Waals surface area contributed by atoms with Crippen molar-refractivity contribution in [3.63, 3.8) is 0 Å². The van der Waals surface area contributed by atoms with Gasteiger partial charge in [0, 0.05) is 16.7 Å². The molecule has 0 aliphatic rings. The Morgan fingerprint density at radius 2 is 2.11 bits per heavy atom. The lowest BCUT2D eigenvalue weighted by molar-refractivity contribution is 0.293. The monoisotopic (exact) mass is 310 g/mol. The van der Waals surface area contributed by atoms with Crippen molar-refractivity contribution in [3.05, 3.63) is 61.8 Å². The van der Waals surface area contributed by atoms with Crippen LogP contribution in [0.2, 0.25) is 0 Å². The third-order valence-electron chi connectivity index (χ3n) is 2.32. The first kappa shape index (κ1) is 12.6. The number of aromatic nitrogens is 2. The highest BCUT2D eigenvalue weighted by atomic mass is 79.9. The molecule has 0 amide bonds. The molecule has 0 aliphatic carbocycles. The lowest BCUT2D eigenvalue weighted by Crippen LogP contribution is -2.35. The Morgan fingerprint density at radius 3 is 2.83 bits per heavy atom. The Hall–Kier alpha value is -1.82. The van der Waals surface area contributed by atoms with Crippen LogP contribution in [0.25, 0.3) is 0 Å². The van der Waals surface area contributed by atoms with Crippen LogP contribution in [0.5, 0.6) is 5.75 Å². The lowest BCUT2D eigenvalue weighted by Gasteiger charge is -2.07. The Morgan fingerprint density at radius 1 is 1.28 bits per heavy atom. The highest BCUT2D eigenvalue weighted by Gasteiger charge is 2.00. The van der Waals surface area contributed by atoms with Crippen molar-refractivity contribution in [3.8, 4) is 5.75 Å². The van der Waals surface area contributed by atoms with E-state index in [0.717, 1.165) is 9.04 Å². The van der Waals surface area contributed by atoms with Crippen molar-refractivity contribution in [2.45, 2.75) is 6.54 Å². The minimum Gasteiger partial charge on any atom is -0.492 e. The third-order valence-corrected chi connectivity index (χ3v) is 2.82. The van der Waals surface area contributed by atoms with Crippen LogP contribution >= 0.6 is 15.9 Å². The summed E-state index contributed by atoms with van der Waals surface area (Å²) < 4.78 is 7.47. The maximum absolute atomic E-state index is 11.4. The minimum absolute atomic E-state index is 0.210. The molecular weight excluding hydrogens is 300 g/mol. The van der Waals surface area contributed by atoms with Crippen molar-refractivity contribution in [1.82, 2.24) is 9.55 Å². The van der Waals surface area contributed by atoms with Gasteiger partial charge in [-0.25, -0.2) is 4.79 Å². The Balaban J connectivity index is 2.01. The van der Waals surface area contributed by atoms with Crippen LogP contribution in [0.3, 0.4) is 0 Å². The highest BCUT2D eigenvalue weighted by Crippen LogP contribution is 2.17. The summed E-state index contributed by atoms with van der Waals surface area (Å²) in [5, 5.41) is 0. The van der Waals surface area contributed by atoms with E-state index >= 15 is 0 Å². The number of H-pyrrole nitrogens is 1. The number of hydrogen-bond donors (Lipinski definition) is 1. The smallest absolute Gasteiger partial charge is 0.328 e. The van der Waals surface area contributed by atoms with E-state index in [1.54, 1.807) is 0 Å². The summed E-state index contributed by atoms with van der Waals surface area (Å²) in [6.45, 7) is 0.463. The van der Waals surface area contributed by atoms with Gasteiger partial charge in [0.15, 0.2) is 0 Å². The van der Waals surface area contributed by atoms with Gasteiger partial charge >= 0.3 is 5.69 Å². The molecule has 6 heteroatoms. The SMILES string of the molecule is O=c1cc[nH]c(=O)n1CCOc1cccc(Br)c1. The molecule has 94 valence electrons. The van der Waals surface area contributed by atoms with Gasteiger partial charge in [-0.2, -0.15) is 0 Å². The Labute approximate surface area is 111 Å². The first-order valence-electron chi connectivity index (χ1n) is 5.34. The molecule has 1 N–H and O–H groups in total. The van der Waals surface area contributed by atoms with Crippen LogP contribution in [-0.4, -0.2) is 16.2 Å². The van der Waals surface area contributed by atoms with E-state index in [4.69, 9.17) is 4.74 Å². The van der Waals surface area contributed by atoms with E-state index < -0.39 is 5.69 Å². The van der Waals surface area contributed by atoms with Gasteiger partial charge in [-0.3, -0.25) is 9.36 Å². The van der Waals surface area contributed by atoms with Crippen LogP contribution in [-0.2, 0) is 6.54 Å². The second kappa shape index (κ2) is 5.68. The standard InChI is InChI=1S/C12H11BrN2O3/c13-9-2-1-3-10(8-9)18-7-6-15-11(16)4-5-14-12(15)17/h1-5,8H,6-7H2,(H,14,17). The van der Waals surface area contributed by atoms with E-state index in [1.165, 1.54) is 12.3 Å². The predicted octanol–water partition coefficient (Wildman–Crippen LogP) is 1.38. The van der Waals surface area contributed by atoms with Gasteiger partial charge in [0.05, 0.1) is 6.54 Å². The fraction of sp³-hybridized carbons (Fsp3) is 0.167. The Kier molecular flexibility index (Phi) is 3.99. The zero-order valence-electron chi connectivity index (χ0n) is 9.43. The predicted molar refractivity (Wildman–Crippen MR) is 71.0 cm³/mol. The van der Waals surface area contributed by atoms with Crippen LogP contribution in [0.15, 0.2) is 50.6 Å². The maximum Gasteiger partial charge on any atom is 0.328 e. The number of hydrogen-bond acceptors (Lipinski definition) is 3. The summed E-state index contributed by atoms with van der Waals surface area (Å²) in [6, 6.07) is 8.67. The third kappa shape index (κ3) is 3.10. The van der Waals surface area contributed by atoms with E-state index in [9.17, 15) is 9.59 Å². The van der Waals surface area contributed by atoms with E-state index in [2.05, 4.69) is 20.9 Å². The molecule has 1 aromatic carbocycles. The average Bonchev–Trinajstić information content (AvgIpc) is 2.33. The van der Waals surface area contributed by atoms with Crippen molar-refractivity contribution >= 4 is 15.9 Å². The normalized spacial score (nSPS) is 10.3. The molecule has 18 heavy (non-hydrogen) atoms. The maximum atomic E-state index is 11.4. The summed E-state index contributed by atoms with van der Waals surface area (Å²) in [5.41, 5.74) is -0.767. The van der Waals surface area contributed by atoms with Gasteiger partial charge in [0.1, 0.15) is 12.4 Å². The lowest BCUT2D eigenvalue weighted by atomic mass is 10.3. The molecule has 2 rings (SSSR count). The zero-order valence-corrected chi connectivity index (χ0v) is 11.0. The summed E-state index contributed by atoms with van der Waals surface area (Å²) in [4.78, 5) is 25.2. The van der Waals surface area contributed by atoms with Crippen molar-refractivity contribution in [2.24, 2.45) is 0 Å². The van der Waals surface area contributed by atoms with Crippen LogP contribution in [0.4, 0.5) is 0 Å². The molecule has 0 fully saturated rings. The van der Waals surface area contributed by atoms with E-state index in [-0.39, 0.29) is 18.7 Å². The highest BCUT2D eigenvalue weighted by molar-refractivity contribution is 9.10. The molecule has 1 heterocycles.